The van der Waals surface area contributed by atoms with Crippen molar-refractivity contribution in [3.05, 3.63) is 0 Å². The SMILES string of the molecule is CN(CC#N)[C@H]1CCC2C3CC[C@H]4C[C@@H](OC(=O)C[N+](C)(C)C)CC[C@]4(C)C3CC[C@@]21C.[Cl-]. The predicted molar refractivity (Wildman–Crippen MR) is 127 cm³/mol. The largest absolute Gasteiger partial charge is 1.00 e. The molecule has 0 bridgehead atoms. The van der Waals surface area contributed by atoms with E-state index >= 15 is 0 Å². The van der Waals surface area contributed by atoms with E-state index in [0.29, 0.717) is 40.4 Å². The van der Waals surface area contributed by atoms with Crippen LogP contribution in [0.2, 0.25) is 0 Å². The number of ether oxygens (including phenoxy) is 1. The summed E-state index contributed by atoms with van der Waals surface area (Å²) in [6.45, 7) is 6.12. The molecule has 0 radical (unpaired) electrons. The Balaban J connectivity index is 0.00000306. The van der Waals surface area contributed by atoms with Gasteiger partial charge >= 0.3 is 5.97 Å². The Morgan fingerprint density at radius 1 is 1.03 bits per heavy atom. The van der Waals surface area contributed by atoms with Crippen LogP contribution in [0.15, 0.2) is 0 Å². The number of fused-ring (bicyclic) bond motifs is 5. The Bertz CT molecular complexity index is 761. The zero-order chi connectivity index (χ0) is 23.3. The third-order valence-electron chi connectivity index (χ3n) is 10.3. The maximum atomic E-state index is 12.4. The second-order valence-electron chi connectivity index (χ2n) is 13.2. The van der Waals surface area contributed by atoms with E-state index < -0.39 is 0 Å². The van der Waals surface area contributed by atoms with Gasteiger partial charge in [-0.3, -0.25) is 4.90 Å². The molecule has 0 spiro atoms. The van der Waals surface area contributed by atoms with Crippen molar-refractivity contribution in [1.29, 1.82) is 5.26 Å². The van der Waals surface area contributed by atoms with Gasteiger partial charge in [-0.05, 0) is 99.3 Å². The number of nitriles is 1. The fourth-order valence-corrected chi connectivity index (χ4v) is 8.85. The number of nitrogens with zero attached hydrogens (tertiary/aromatic N) is 3. The fraction of sp³-hybridized carbons (Fsp3) is 0.926. The van der Waals surface area contributed by atoms with Crippen LogP contribution >= 0.6 is 0 Å². The summed E-state index contributed by atoms with van der Waals surface area (Å²) in [5.41, 5.74) is 0.776. The molecule has 8 atom stereocenters. The second kappa shape index (κ2) is 9.67. The lowest BCUT2D eigenvalue weighted by molar-refractivity contribution is -0.862. The van der Waals surface area contributed by atoms with Gasteiger partial charge in [0.25, 0.3) is 0 Å². The Kier molecular flexibility index (Phi) is 7.84. The first-order valence-electron chi connectivity index (χ1n) is 13.0. The highest BCUT2D eigenvalue weighted by Crippen LogP contribution is 2.66. The van der Waals surface area contributed by atoms with Crippen molar-refractivity contribution in [2.24, 2.45) is 34.5 Å². The van der Waals surface area contributed by atoms with Gasteiger partial charge in [0.05, 0.1) is 33.8 Å². The molecule has 0 aliphatic heterocycles. The molecule has 0 aromatic carbocycles. The highest BCUT2D eigenvalue weighted by Gasteiger charge is 2.60. The second-order valence-corrected chi connectivity index (χ2v) is 13.2. The van der Waals surface area contributed by atoms with E-state index in [4.69, 9.17) is 4.74 Å². The van der Waals surface area contributed by atoms with Crippen molar-refractivity contribution in [2.75, 3.05) is 41.3 Å². The molecule has 0 N–H and O–H groups in total. The first-order chi connectivity index (χ1) is 15.0. The fourth-order valence-electron chi connectivity index (χ4n) is 8.85. The molecule has 4 aliphatic carbocycles. The number of carbonyl (C=O) groups excluding carboxylic acids is 1. The third kappa shape index (κ3) is 4.95. The van der Waals surface area contributed by atoms with Crippen LogP contribution < -0.4 is 12.4 Å². The molecule has 33 heavy (non-hydrogen) atoms. The molecule has 0 amide bonds. The molecule has 4 saturated carbocycles. The zero-order valence-electron chi connectivity index (χ0n) is 21.8. The van der Waals surface area contributed by atoms with E-state index in [0.717, 1.165) is 30.6 Å². The van der Waals surface area contributed by atoms with Gasteiger partial charge in [-0.1, -0.05) is 13.8 Å². The standard InChI is InChI=1S/C27H46N3O2.ClH/c1-26-13-11-20(32-25(31)18-30(4,5)6)17-19(26)7-8-21-22-9-10-24(29(3)16-15-28)27(22,2)14-12-23(21)26;/h19-24H,7-14,16-18H2,1-6H3;1H/q+1;/p-1/t19-,20-,21?,22?,23?,24-,26-,27-;/m0./s1. The summed E-state index contributed by atoms with van der Waals surface area (Å²) < 4.78 is 6.59. The van der Waals surface area contributed by atoms with Gasteiger partial charge in [-0.25, -0.2) is 4.79 Å². The average molecular weight is 480 g/mol. The van der Waals surface area contributed by atoms with Gasteiger partial charge in [0, 0.05) is 6.04 Å². The predicted octanol–water partition coefficient (Wildman–Crippen LogP) is 1.48. The minimum Gasteiger partial charge on any atom is -1.00 e. The van der Waals surface area contributed by atoms with Gasteiger partial charge < -0.3 is 21.6 Å². The van der Waals surface area contributed by atoms with E-state index in [2.05, 4.69) is 31.9 Å². The smallest absolute Gasteiger partial charge is 0.362 e. The molecule has 4 rings (SSSR count). The van der Waals surface area contributed by atoms with Gasteiger partial charge in [-0.15, -0.1) is 0 Å². The molecular weight excluding hydrogens is 434 g/mol. The first-order valence-corrected chi connectivity index (χ1v) is 13.0. The molecule has 6 heteroatoms. The van der Waals surface area contributed by atoms with Crippen LogP contribution in [0, 0.1) is 45.8 Å². The molecule has 4 fully saturated rings. The number of quaternary nitrogens is 1. The minimum absolute atomic E-state index is 0. The maximum Gasteiger partial charge on any atom is 0.362 e. The number of hydrogen-bond acceptors (Lipinski definition) is 4. The van der Waals surface area contributed by atoms with Crippen molar-refractivity contribution >= 4 is 5.97 Å². The highest BCUT2D eigenvalue weighted by molar-refractivity contribution is 5.70. The lowest BCUT2D eigenvalue weighted by Crippen LogP contribution is -3.00. The van der Waals surface area contributed by atoms with Crippen LogP contribution in [-0.2, 0) is 9.53 Å². The Labute approximate surface area is 208 Å². The van der Waals surface area contributed by atoms with Crippen LogP contribution in [0.4, 0.5) is 0 Å². The third-order valence-corrected chi connectivity index (χ3v) is 10.3. The van der Waals surface area contributed by atoms with Gasteiger partial charge in [0.2, 0.25) is 0 Å². The highest BCUT2D eigenvalue weighted by atomic mass is 35.5. The molecule has 0 aromatic heterocycles. The summed E-state index contributed by atoms with van der Waals surface area (Å²) >= 11 is 0. The molecule has 3 unspecified atom stereocenters. The Morgan fingerprint density at radius 2 is 1.70 bits per heavy atom. The van der Waals surface area contributed by atoms with Crippen LogP contribution in [-0.4, -0.2) is 68.8 Å². The van der Waals surface area contributed by atoms with E-state index in [1.165, 1.54) is 44.9 Å². The van der Waals surface area contributed by atoms with E-state index in [9.17, 15) is 10.1 Å². The molecule has 0 heterocycles. The summed E-state index contributed by atoms with van der Waals surface area (Å²) in [6, 6.07) is 2.94. The number of likely N-dealkylation sites (N-methyl/N-ethyl adjacent to an activating group) is 1. The van der Waals surface area contributed by atoms with Crippen LogP contribution in [0.25, 0.3) is 0 Å². The first kappa shape index (κ1) is 26.8. The molecule has 0 saturated heterocycles. The number of halogens is 1. The molecule has 188 valence electrons. The van der Waals surface area contributed by atoms with Crippen LogP contribution in [0.3, 0.4) is 0 Å². The quantitative estimate of drug-likeness (QED) is 0.340. The Morgan fingerprint density at radius 3 is 2.36 bits per heavy atom. The summed E-state index contributed by atoms with van der Waals surface area (Å²) in [4.78, 5) is 14.8. The number of carbonyl (C=O) groups is 1. The summed E-state index contributed by atoms with van der Waals surface area (Å²) in [6.07, 6.45) is 11.3. The number of esters is 1. The molecule has 4 aliphatic rings. The van der Waals surface area contributed by atoms with Crippen molar-refractivity contribution in [3.63, 3.8) is 0 Å². The van der Waals surface area contributed by atoms with E-state index in [-0.39, 0.29) is 24.5 Å². The van der Waals surface area contributed by atoms with Crippen LogP contribution in [0.5, 0.6) is 0 Å². The molecule has 5 nitrogen and oxygen atoms in total. The van der Waals surface area contributed by atoms with Gasteiger partial charge in [0.1, 0.15) is 6.10 Å². The van der Waals surface area contributed by atoms with Crippen molar-refractivity contribution in [2.45, 2.75) is 83.8 Å². The lowest BCUT2D eigenvalue weighted by Gasteiger charge is -2.61. The lowest BCUT2D eigenvalue weighted by atomic mass is 9.45. The summed E-state index contributed by atoms with van der Waals surface area (Å²) in [7, 11) is 8.29. The average Bonchev–Trinajstić information content (AvgIpc) is 3.04. The van der Waals surface area contributed by atoms with Crippen molar-refractivity contribution in [1.82, 2.24) is 4.90 Å². The topological polar surface area (TPSA) is 53.3 Å². The maximum absolute atomic E-state index is 12.4. The zero-order valence-corrected chi connectivity index (χ0v) is 22.5. The van der Waals surface area contributed by atoms with E-state index in [1.807, 2.05) is 21.1 Å². The normalized spacial score (nSPS) is 42.4. The molecule has 0 aromatic rings. The molecular formula is C27H46ClN3O2. The Hall–Kier alpha value is -0.830. The monoisotopic (exact) mass is 479 g/mol. The minimum atomic E-state index is -0.0355. The van der Waals surface area contributed by atoms with Crippen LogP contribution in [0.1, 0.15) is 71.6 Å². The van der Waals surface area contributed by atoms with Crippen molar-refractivity contribution in [3.8, 4) is 6.07 Å². The van der Waals surface area contributed by atoms with Crippen molar-refractivity contribution < 1.29 is 26.4 Å². The van der Waals surface area contributed by atoms with E-state index in [1.54, 1.807) is 0 Å². The summed E-state index contributed by atoms with van der Waals surface area (Å²) in [5.74, 6) is 3.13. The number of hydrogen-bond donors (Lipinski definition) is 0. The number of rotatable bonds is 5. The summed E-state index contributed by atoms with van der Waals surface area (Å²) in [5, 5.41) is 9.24. The van der Waals surface area contributed by atoms with Gasteiger partial charge in [-0.2, -0.15) is 5.26 Å². The van der Waals surface area contributed by atoms with Gasteiger partial charge in [0.15, 0.2) is 6.54 Å².